The molecule has 6 heteroatoms. The van der Waals surface area contributed by atoms with Crippen LogP contribution >= 0.6 is 0 Å². The van der Waals surface area contributed by atoms with Gasteiger partial charge in [-0.25, -0.2) is 0 Å². The minimum Gasteiger partial charge on any atom is -0.355 e. The monoisotopic (exact) mass is 362 g/mol. The fourth-order valence-corrected chi connectivity index (χ4v) is 3.86. The van der Waals surface area contributed by atoms with Gasteiger partial charge in [-0.1, -0.05) is 12.1 Å². The normalized spacial score (nSPS) is 18.3. The van der Waals surface area contributed by atoms with E-state index in [1.165, 1.54) is 24.8 Å². The first-order valence-corrected chi connectivity index (χ1v) is 9.87. The first-order chi connectivity index (χ1) is 13.3. The van der Waals surface area contributed by atoms with Crippen LogP contribution in [0.3, 0.4) is 0 Å². The van der Waals surface area contributed by atoms with Gasteiger partial charge < -0.3 is 9.80 Å². The van der Waals surface area contributed by atoms with Crippen LogP contribution in [0.4, 0.5) is 11.6 Å². The van der Waals surface area contributed by atoms with Crippen LogP contribution in [0.25, 0.3) is 0 Å². The van der Waals surface area contributed by atoms with E-state index in [4.69, 9.17) is 5.26 Å². The molecule has 6 nitrogen and oxygen atoms in total. The number of hydrogen-bond acceptors (Lipinski definition) is 6. The summed E-state index contributed by atoms with van der Waals surface area (Å²) in [4.78, 5) is 7.12. The highest BCUT2D eigenvalue weighted by Crippen LogP contribution is 2.20. The molecule has 0 spiro atoms. The highest BCUT2D eigenvalue weighted by Gasteiger charge is 2.19. The molecule has 2 aromatic rings. The molecular formula is C21H26N6. The SMILES string of the molecule is N#Cc1ccc(CN2CCN(c3ccc(N4CCCCC4)nn3)CC2)cc1. The zero-order valence-corrected chi connectivity index (χ0v) is 15.7. The van der Waals surface area contributed by atoms with Gasteiger partial charge in [0.25, 0.3) is 0 Å². The lowest BCUT2D eigenvalue weighted by Gasteiger charge is -2.35. The summed E-state index contributed by atoms with van der Waals surface area (Å²) in [6.45, 7) is 7.08. The van der Waals surface area contributed by atoms with Gasteiger partial charge in [-0.3, -0.25) is 4.90 Å². The number of anilines is 2. The van der Waals surface area contributed by atoms with E-state index in [-0.39, 0.29) is 0 Å². The molecule has 2 saturated heterocycles. The van der Waals surface area contributed by atoms with Crippen molar-refractivity contribution in [3.63, 3.8) is 0 Å². The number of rotatable bonds is 4. The van der Waals surface area contributed by atoms with Gasteiger partial charge in [0.05, 0.1) is 11.6 Å². The number of piperazine rings is 1. The van der Waals surface area contributed by atoms with Crippen molar-refractivity contribution in [1.29, 1.82) is 5.26 Å². The van der Waals surface area contributed by atoms with Gasteiger partial charge in [0, 0.05) is 45.8 Å². The smallest absolute Gasteiger partial charge is 0.151 e. The maximum atomic E-state index is 8.90. The molecule has 0 saturated carbocycles. The first-order valence-electron chi connectivity index (χ1n) is 9.87. The van der Waals surface area contributed by atoms with Crippen molar-refractivity contribution in [3.8, 4) is 6.07 Å². The average molecular weight is 362 g/mol. The van der Waals surface area contributed by atoms with Crippen LogP contribution in [0.15, 0.2) is 36.4 Å². The third-order valence-corrected chi connectivity index (χ3v) is 5.50. The van der Waals surface area contributed by atoms with Gasteiger partial charge in [0.2, 0.25) is 0 Å². The molecular weight excluding hydrogens is 336 g/mol. The lowest BCUT2D eigenvalue weighted by Crippen LogP contribution is -2.46. The first kappa shape index (κ1) is 17.7. The minimum absolute atomic E-state index is 0.718. The molecule has 0 aliphatic carbocycles. The maximum absolute atomic E-state index is 8.90. The molecule has 0 amide bonds. The molecule has 3 heterocycles. The minimum atomic E-state index is 0.718. The molecule has 4 rings (SSSR count). The Balaban J connectivity index is 1.30. The van der Waals surface area contributed by atoms with Crippen LogP contribution < -0.4 is 9.80 Å². The van der Waals surface area contributed by atoms with E-state index in [1.807, 2.05) is 12.1 Å². The molecule has 2 fully saturated rings. The quantitative estimate of drug-likeness (QED) is 0.833. The Morgan fingerprint density at radius 3 is 1.89 bits per heavy atom. The predicted molar refractivity (Wildman–Crippen MR) is 107 cm³/mol. The zero-order valence-electron chi connectivity index (χ0n) is 15.7. The third-order valence-electron chi connectivity index (χ3n) is 5.50. The number of hydrogen-bond donors (Lipinski definition) is 0. The van der Waals surface area contributed by atoms with Crippen LogP contribution in [-0.4, -0.2) is 54.4 Å². The van der Waals surface area contributed by atoms with Gasteiger partial charge in [-0.15, -0.1) is 10.2 Å². The molecule has 0 N–H and O–H groups in total. The fourth-order valence-electron chi connectivity index (χ4n) is 3.86. The fraction of sp³-hybridized carbons (Fsp3) is 0.476. The molecule has 2 aliphatic rings. The lowest BCUT2D eigenvalue weighted by atomic mass is 10.1. The molecule has 140 valence electrons. The number of benzene rings is 1. The molecule has 0 atom stereocenters. The van der Waals surface area contributed by atoms with E-state index >= 15 is 0 Å². The highest BCUT2D eigenvalue weighted by atomic mass is 15.3. The van der Waals surface area contributed by atoms with E-state index < -0.39 is 0 Å². The second kappa shape index (κ2) is 8.36. The summed E-state index contributed by atoms with van der Waals surface area (Å²) in [5, 5.41) is 17.9. The van der Waals surface area contributed by atoms with E-state index in [0.29, 0.717) is 0 Å². The molecule has 1 aromatic carbocycles. The van der Waals surface area contributed by atoms with Gasteiger partial charge in [-0.2, -0.15) is 5.26 Å². The summed E-state index contributed by atoms with van der Waals surface area (Å²) in [5.74, 6) is 1.99. The number of aromatic nitrogens is 2. The standard InChI is InChI=1S/C21H26N6/c22-16-18-4-6-19(7-5-18)17-25-12-14-27(15-13-25)21-9-8-20(23-24-21)26-10-2-1-3-11-26/h4-9H,1-3,10-15,17H2. The Morgan fingerprint density at radius 2 is 1.33 bits per heavy atom. The van der Waals surface area contributed by atoms with E-state index in [9.17, 15) is 0 Å². The van der Waals surface area contributed by atoms with Crippen molar-refractivity contribution >= 4 is 11.6 Å². The summed E-state index contributed by atoms with van der Waals surface area (Å²) in [5.41, 5.74) is 1.98. The highest BCUT2D eigenvalue weighted by molar-refractivity contribution is 5.45. The summed E-state index contributed by atoms with van der Waals surface area (Å²) in [7, 11) is 0. The Bertz CT molecular complexity index is 766. The Hall–Kier alpha value is -2.65. The lowest BCUT2D eigenvalue weighted by molar-refractivity contribution is 0.249. The van der Waals surface area contributed by atoms with E-state index in [0.717, 1.165) is 63.0 Å². The molecule has 0 bridgehead atoms. The van der Waals surface area contributed by atoms with Gasteiger partial charge >= 0.3 is 0 Å². The average Bonchev–Trinajstić information content (AvgIpc) is 2.76. The zero-order chi connectivity index (χ0) is 18.5. The van der Waals surface area contributed by atoms with Crippen LogP contribution in [0, 0.1) is 11.3 Å². The van der Waals surface area contributed by atoms with Crippen molar-refractivity contribution in [2.75, 3.05) is 49.1 Å². The summed E-state index contributed by atoms with van der Waals surface area (Å²) < 4.78 is 0. The van der Waals surface area contributed by atoms with Crippen LogP contribution in [0.1, 0.15) is 30.4 Å². The Morgan fingerprint density at radius 1 is 0.741 bits per heavy atom. The van der Waals surface area contributed by atoms with Crippen molar-refractivity contribution in [2.45, 2.75) is 25.8 Å². The second-order valence-corrected chi connectivity index (χ2v) is 7.37. The number of nitriles is 1. The van der Waals surface area contributed by atoms with Gasteiger partial charge in [0.1, 0.15) is 0 Å². The Labute approximate surface area is 161 Å². The topological polar surface area (TPSA) is 59.3 Å². The summed E-state index contributed by atoms with van der Waals surface area (Å²) >= 11 is 0. The van der Waals surface area contributed by atoms with Crippen molar-refractivity contribution in [2.24, 2.45) is 0 Å². The van der Waals surface area contributed by atoms with E-state index in [1.54, 1.807) is 0 Å². The van der Waals surface area contributed by atoms with Gasteiger partial charge in [-0.05, 0) is 49.1 Å². The van der Waals surface area contributed by atoms with Crippen molar-refractivity contribution in [3.05, 3.63) is 47.5 Å². The number of piperidine rings is 1. The molecule has 0 unspecified atom stereocenters. The molecule has 27 heavy (non-hydrogen) atoms. The van der Waals surface area contributed by atoms with Crippen LogP contribution in [-0.2, 0) is 6.54 Å². The molecule has 1 aromatic heterocycles. The predicted octanol–water partition coefficient (Wildman–Crippen LogP) is 2.66. The van der Waals surface area contributed by atoms with Crippen molar-refractivity contribution in [1.82, 2.24) is 15.1 Å². The van der Waals surface area contributed by atoms with E-state index in [2.05, 4.69) is 55.2 Å². The second-order valence-electron chi connectivity index (χ2n) is 7.37. The van der Waals surface area contributed by atoms with Crippen molar-refractivity contribution < 1.29 is 0 Å². The third kappa shape index (κ3) is 4.37. The summed E-state index contributed by atoms with van der Waals surface area (Å²) in [6.07, 6.45) is 3.84. The van der Waals surface area contributed by atoms with Gasteiger partial charge in [0.15, 0.2) is 11.6 Å². The van der Waals surface area contributed by atoms with Crippen LogP contribution in [0.5, 0.6) is 0 Å². The number of nitrogens with zero attached hydrogens (tertiary/aromatic N) is 6. The summed E-state index contributed by atoms with van der Waals surface area (Å²) in [6, 6.07) is 14.3. The van der Waals surface area contributed by atoms with Crippen LogP contribution in [0.2, 0.25) is 0 Å². The largest absolute Gasteiger partial charge is 0.355 e. The Kier molecular flexibility index (Phi) is 5.50. The molecule has 2 aliphatic heterocycles. The molecule has 0 radical (unpaired) electrons. The maximum Gasteiger partial charge on any atom is 0.151 e.